The molecule has 1 aliphatic carbocycles. The van der Waals surface area contributed by atoms with Crippen molar-refractivity contribution in [1.29, 1.82) is 0 Å². The third-order valence-corrected chi connectivity index (χ3v) is 5.82. The monoisotopic (exact) mass is 426 g/mol. The van der Waals surface area contributed by atoms with Gasteiger partial charge in [0, 0.05) is 48.9 Å². The van der Waals surface area contributed by atoms with Crippen LogP contribution in [-0.4, -0.2) is 54.5 Å². The fourth-order valence-corrected chi connectivity index (χ4v) is 4.05. The molecule has 0 radical (unpaired) electrons. The number of pyridine rings is 1. The number of amides is 1. The Morgan fingerprint density at radius 2 is 1.65 bits per heavy atom. The lowest BCUT2D eigenvalue weighted by molar-refractivity contribution is -0.159. The zero-order valence-corrected chi connectivity index (χ0v) is 17.4. The van der Waals surface area contributed by atoms with Crippen molar-refractivity contribution in [3.8, 4) is 11.3 Å². The second-order valence-corrected chi connectivity index (χ2v) is 7.96. The fourth-order valence-electron chi connectivity index (χ4n) is 4.05. The van der Waals surface area contributed by atoms with E-state index < -0.39 is 11.9 Å². The molecule has 1 amide bonds. The topological polar surface area (TPSA) is 134 Å². The normalized spacial score (nSPS) is 20.1. The van der Waals surface area contributed by atoms with Gasteiger partial charge in [-0.15, -0.1) is 0 Å². The van der Waals surface area contributed by atoms with E-state index in [2.05, 4.69) is 21.9 Å². The first-order chi connectivity index (χ1) is 14.9. The highest BCUT2D eigenvalue weighted by Gasteiger charge is 2.31. The minimum atomic E-state index is -1.82. The number of carbonyl (C=O) groups is 3. The van der Waals surface area contributed by atoms with Crippen molar-refractivity contribution < 1.29 is 24.6 Å². The van der Waals surface area contributed by atoms with Crippen LogP contribution in [0.3, 0.4) is 0 Å². The number of nitrogens with zero attached hydrogens (tertiary/aromatic N) is 4. The number of carboxylic acid groups (broad SMARTS) is 2. The van der Waals surface area contributed by atoms with Gasteiger partial charge in [0.1, 0.15) is 6.33 Å². The summed E-state index contributed by atoms with van der Waals surface area (Å²) >= 11 is 0. The Bertz CT molecular complexity index is 930. The lowest BCUT2D eigenvalue weighted by Gasteiger charge is -2.34. The van der Waals surface area contributed by atoms with Gasteiger partial charge >= 0.3 is 11.9 Å². The number of fused-ring (bicyclic) bond motifs is 1. The van der Waals surface area contributed by atoms with E-state index in [4.69, 9.17) is 19.8 Å². The van der Waals surface area contributed by atoms with Gasteiger partial charge in [-0.3, -0.25) is 9.78 Å². The first kappa shape index (κ1) is 22.3. The molecule has 0 atom stereocenters. The molecule has 3 heterocycles. The molecule has 1 saturated carbocycles. The van der Waals surface area contributed by atoms with Crippen LogP contribution in [0.15, 0.2) is 30.9 Å². The first-order valence-corrected chi connectivity index (χ1v) is 10.3. The molecule has 0 aromatic carbocycles. The number of aliphatic carboxylic acids is 2. The molecule has 9 nitrogen and oxygen atoms in total. The smallest absolute Gasteiger partial charge is 0.414 e. The molecular weight excluding hydrogens is 400 g/mol. The first-order valence-electron chi connectivity index (χ1n) is 10.3. The quantitative estimate of drug-likeness (QED) is 0.699. The van der Waals surface area contributed by atoms with Crippen LogP contribution in [0.5, 0.6) is 0 Å². The minimum absolute atomic E-state index is 0.201. The van der Waals surface area contributed by atoms with E-state index in [1.165, 1.54) is 12.8 Å². The summed E-state index contributed by atoms with van der Waals surface area (Å²) in [6, 6.07) is 3.93. The van der Waals surface area contributed by atoms with Crippen LogP contribution in [0.1, 0.15) is 43.9 Å². The van der Waals surface area contributed by atoms with Gasteiger partial charge < -0.3 is 15.1 Å². The molecule has 2 aromatic rings. The van der Waals surface area contributed by atoms with Crippen LogP contribution in [-0.2, 0) is 27.3 Å². The summed E-state index contributed by atoms with van der Waals surface area (Å²) in [6.45, 7) is 3.68. The van der Waals surface area contributed by atoms with Crippen molar-refractivity contribution in [3.63, 3.8) is 0 Å². The maximum Gasteiger partial charge on any atom is 0.414 e. The molecule has 4 rings (SSSR count). The molecular formula is C22H26N4O5. The van der Waals surface area contributed by atoms with Gasteiger partial charge in [0.05, 0.1) is 11.4 Å². The highest BCUT2D eigenvalue weighted by atomic mass is 16.4. The highest BCUT2D eigenvalue weighted by molar-refractivity contribution is 6.27. The number of hydrogen-bond donors (Lipinski definition) is 2. The summed E-state index contributed by atoms with van der Waals surface area (Å²) in [5.41, 5.74) is 4.14. The largest absolute Gasteiger partial charge is 0.473 e. The summed E-state index contributed by atoms with van der Waals surface area (Å²) < 4.78 is 0. The summed E-state index contributed by atoms with van der Waals surface area (Å²) in [6.07, 6.45) is 10.4. The maximum absolute atomic E-state index is 13.0. The second kappa shape index (κ2) is 10.1. The van der Waals surface area contributed by atoms with Crippen LogP contribution in [0, 0.1) is 11.8 Å². The number of rotatable bonds is 2. The van der Waals surface area contributed by atoms with Crippen LogP contribution >= 0.6 is 0 Å². The molecule has 9 heteroatoms. The molecule has 2 aliphatic rings. The van der Waals surface area contributed by atoms with Gasteiger partial charge in [-0.05, 0) is 43.7 Å². The summed E-state index contributed by atoms with van der Waals surface area (Å²) in [4.78, 5) is 46.3. The van der Waals surface area contributed by atoms with E-state index >= 15 is 0 Å². The zero-order valence-electron chi connectivity index (χ0n) is 17.4. The zero-order chi connectivity index (χ0) is 22.4. The lowest BCUT2D eigenvalue weighted by Crippen LogP contribution is -2.41. The average Bonchev–Trinajstić information content (AvgIpc) is 2.79. The Balaban J connectivity index is 0.000000401. The molecule has 31 heavy (non-hydrogen) atoms. The van der Waals surface area contributed by atoms with Crippen molar-refractivity contribution in [2.75, 3.05) is 6.54 Å². The second-order valence-electron chi connectivity index (χ2n) is 7.96. The molecule has 2 aromatic heterocycles. The van der Waals surface area contributed by atoms with Crippen molar-refractivity contribution >= 4 is 17.8 Å². The van der Waals surface area contributed by atoms with Crippen molar-refractivity contribution in [3.05, 3.63) is 42.1 Å². The van der Waals surface area contributed by atoms with Gasteiger partial charge in [-0.1, -0.05) is 6.92 Å². The van der Waals surface area contributed by atoms with E-state index in [9.17, 15) is 4.79 Å². The molecule has 0 bridgehead atoms. The Hall–Kier alpha value is -3.36. The SMILES string of the molecule is CC1CCC(C(=O)N2CCc3ncnc(-c4ccncc4)c3C2)CC1.O=C(O)C(=O)O. The van der Waals surface area contributed by atoms with E-state index in [1.54, 1.807) is 18.7 Å². The van der Waals surface area contributed by atoms with Gasteiger partial charge in [0.15, 0.2) is 0 Å². The molecule has 1 fully saturated rings. The predicted octanol–water partition coefficient (Wildman–Crippen LogP) is 2.41. The Labute approximate surface area is 180 Å². The summed E-state index contributed by atoms with van der Waals surface area (Å²) in [5, 5.41) is 14.8. The Morgan fingerprint density at radius 3 is 2.26 bits per heavy atom. The third-order valence-electron chi connectivity index (χ3n) is 5.82. The van der Waals surface area contributed by atoms with Gasteiger partial charge in [-0.25, -0.2) is 19.6 Å². The minimum Gasteiger partial charge on any atom is -0.473 e. The number of carbonyl (C=O) groups excluding carboxylic acids is 1. The van der Waals surface area contributed by atoms with Crippen molar-refractivity contribution in [1.82, 2.24) is 19.9 Å². The van der Waals surface area contributed by atoms with Crippen molar-refractivity contribution in [2.45, 2.75) is 45.6 Å². The van der Waals surface area contributed by atoms with Crippen LogP contribution < -0.4 is 0 Å². The summed E-state index contributed by atoms with van der Waals surface area (Å²) in [5.74, 6) is -2.36. The fraction of sp³-hybridized carbons (Fsp3) is 0.455. The molecule has 1 aliphatic heterocycles. The molecule has 0 unspecified atom stereocenters. The Kier molecular flexibility index (Phi) is 7.28. The van der Waals surface area contributed by atoms with Gasteiger partial charge in [-0.2, -0.15) is 0 Å². The van der Waals surface area contributed by atoms with Crippen LogP contribution in [0.2, 0.25) is 0 Å². The Morgan fingerprint density at radius 1 is 1.00 bits per heavy atom. The lowest BCUT2D eigenvalue weighted by atomic mass is 9.82. The van der Waals surface area contributed by atoms with E-state index in [-0.39, 0.29) is 5.92 Å². The summed E-state index contributed by atoms with van der Waals surface area (Å²) in [7, 11) is 0. The molecule has 2 N–H and O–H groups in total. The van der Waals surface area contributed by atoms with Crippen molar-refractivity contribution in [2.24, 2.45) is 11.8 Å². The predicted molar refractivity (Wildman–Crippen MR) is 111 cm³/mol. The maximum atomic E-state index is 13.0. The number of aromatic nitrogens is 3. The van der Waals surface area contributed by atoms with Crippen LogP contribution in [0.25, 0.3) is 11.3 Å². The van der Waals surface area contributed by atoms with E-state index in [0.717, 1.165) is 54.2 Å². The van der Waals surface area contributed by atoms with Gasteiger partial charge in [0.25, 0.3) is 0 Å². The highest BCUT2D eigenvalue weighted by Crippen LogP contribution is 2.32. The number of hydrogen-bond acceptors (Lipinski definition) is 6. The standard InChI is InChI=1S/C20H24N4O.C2H2O4/c1-14-2-4-16(5-3-14)20(25)24-11-8-18-17(12-24)19(23-13-22-18)15-6-9-21-10-7-15;3-1(4)2(5)6/h6-7,9-10,13-14,16H,2-5,8,11-12H2,1H3;(H,3,4)(H,5,6). The molecule has 164 valence electrons. The van der Waals surface area contributed by atoms with Crippen LogP contribution in [0.4, 0.5) is 0 Å². The molecule has 0 spiro atoms. The third kappa shape index (κ3) is 5.62. The average molecular weight is 426 g/mol. The molecule has 0 saturated heterocycles. The number of carboxylic acids is 2. The van der Waals surface area contributed by atoms with E-state index in [1.807, 2.05) is 17.0 Å². The van der Waals surface area contributed by atoms with E-state index in [0.29, 0.717) is 12.5 Å². The van der Waals surface area contributed by atoms with Gasteiger partial charge in [0.2, 0.25) is 5.91 Å².